The van der Waals surface area contributed by atoms with Crippen molar-refractivity contribution in [1.29, 1.82) is 0 Å². The maximum absolute atomic E-state index is 12.9. The second kappa shape index (κ2) is 5.95. The van der Waals surface area contributed by atoms with Crippen molar-refractivity contribution in [2.24, 2.45) is 0 Å². The highest BCUT2D eigenvalue weighted by atomic mass is 19.1. The molecule has 2 aromatic rings. The third-order valence-electron chi connectivity index (χ3n) is 3.65. The maximum atomic E-state index is 12.9. The van der Waals surface area contributed by atoms with Gasteiger partial charge in [-0.3, -0.25) is 4.79 Å². The number of benzene rings is 2. The summed E-state index contributed by atoms with van der Waals surface area (Å²) in [5.74, 6) is -0.104. The van der Waals surface area contributed by atoms with E-state index in [9.17, 15) is 9.18 Å². The van der Waals surface area contributed by atoms with Crippen LogP contribution in [0.4, 0.5) is 10.1 Å². The van der Waals surface area contributed by atoms with Gasteiger partial charge in [0.2, 0.25) is 5.91 Å². The lowest BCUT2D eigenvalue weighted by atomic mass is 10.2. The molecular weight excluding hydrogens is 267 g/mol. The lowest BCUT2D eigenvalue weighted by Gasteiger charge is -2.17. The zero-order chi connectivity index (χ0) is 14.7. The predicted octanol–water partition coefficient (Wildman–Crippen LogP) is 3.04. The number of nitrogens with zero attached hydrogens (tertiary/aromatic N) is 1. The van der Waals surface area contributed by atoms with Crippen molar-refractivity contribution in [3.8, 4) is 0 Å². The minimum Gasteiger partial charge on any atom is -0.380 e. The van der Waals surface area contributed by atoms with Gasteiger partial charge in [0.25, 0.3) is 0 Å². The lowest BCUT2D eigenvalue weighted by Crippen LogP contribution is -2.27. The quantitative estimate of drug-likeness (QED) is 0.936. The molecule has 1 heterocycles. The third-order valence-corrected chi connectivity index (χ3v) is 3.65. The summed E-state index contributed by atoms with van der Waals surface area (Å²) in [7, 11) is 0. The third kappa shape index (κ3) is 3.40. The van der Waals surface area contributed by atoms with Crippen molar-refractivity contribution < 1.29 is 9.18 Å². The molecule has 1 atom stereocenters. The molecule has 0 saturated carbocycles. The second-order valence-electron chi connectivity index (χ2n) is 5.31. The average Bonchev–Trinajstić information content (AvgIpc) is 2.82. The van der Waals surface area contributed by atoms with Gasteiger partial charge >= 0.3 is 0 Å². The van der Waals surface area contributed by atoms with Crippen molar-refractivity contribution in [1.82, 2.24) is 4.90 Å². The molecule has 1 fully saturated rings. The number of anilines is 1. The maximum Gasteiger partial charge on any atom is 0.225 e. The molecule has 1 aliphatic heterocycles. The monoisotopic (exact) mass is 284 g/mol. The zero-order valence-electron chi connectivity index (χ0n) is 11.6. The number of hydrogen-bond acceptors (Lipinski definition) is 2. The van der Waals surface area contributed by atoms with E-state index >= 15 is 0 Å². The van der Waals surface area contributed by atoms with Crippen LogP contribution < -0.4 is 5.32 Å². The van der Waals surface area contributed by atoms with E-state index in [1.54, 1.807) is 12.1 Å². The van der Waals surface area contributed by atoms with Crippen molar-refractivity contribution in [2.45, 2.75) is 19.0 Å². The summed E-state index contributed by atoms with van der Waals surface area (Å²) >= 11 is 0. The Balaban J connectivity index is 1.60. The van der Waals surface area contributed by atoms with Gasteiger partial charge < -0.3 is 10.2 Å². The largest absolute Gasteiger partial charge is 0.380 e. The number of amides is 1. The fourth-order valence-corrected chi connectivity index (χ4v) is 2.61. The van der Waals surface area contributed by atoms with Crippen LogP contribution >= 0.6 is 0 Å². The molecule has 1 saturated heterocycles. The Morgan fingerprint density at radius 2 is 1.81 bits per heavy atom. The summed E-state index contributed by atoms with van der Waals surface area (Å²) in [6.07, 6.45) is 0.476. The van der Waals surface area contributed by atoms with Crippen LogP contribution in [0.2, 0.25) is 0 Å². The Hall–Kier alpha value is -2.36. The number of rotatable bonds is 4. The van der Waals surface area contributed by atoms with Crippen LogP contribution in [0.1, 0.15) is 12.0 Å². The van der Waals surface area contributed by atoms with Crippen LogP contribution in [-0.2, 0) is 11.3 Å². The summed E-state index contributed by atoms with van der Waals surface area (Å²) in [5, 5.41) is 3.29. The molecule has 1 N–H and O–H groups in total. The molecular formula is C17H17FN2O. The smallest absolute Gasteiger partial charge is 0.225 e. The van der Waals surface area contributed by atoms with Crippen LogP contribution in [0, 0.1) is 5.82 Å². The van der Waals surface area contributed by atoms with Crippen molar-refractivity contribution in [2.75, 3.05) is 11.9 Å². The number of likely N-dealkylation sites (tertiary alicyclic amines) is 1. The van der Waals surface area contributed by atoms with E-state index in [-0.39, 0.29) is 17.8 Å². The van der Waals surface area contributed by atoms with Gasteiger partial charge in [-0.05, 0) is 29.8 Å². The van der Waals surface area contributed by atoms with E-state index in [1.165, 1.54) is 12.1 Å². The zero-order valence-corrected chi connectivity index (χ0v) is 11.6. The second-order valence-corrected chi connectivity index (χ2v) is 5.31. The summed E-state index contributed by atoms with van der Waals surface area (Å²) in [6, 6.07) is 16.3. The minimum absolute atomic E-state index is 0.0756. The molecule has 0 spiro atoms. The first-order valence-electron chi connectivity index (χ1n) is 7.04. The van der Waals surface area contributed by atoms with Gasteiger partial charge in [0.1, 0.15) is 5.82 Å². The SMILES string of the molecule is O=C1CC(Nc2ccc(F)cc2)CN1Cc1ccccc1. The topological polar surface area (TPSA) is 32.3 Å². The summed E-state index contributed by atoms with van der Waals surface area (Å²) in [6.45, 7) is 1.31. The lowest BCUT2D eigenvalue weighted by molar-refractivity contribution is -0.128. The molecule has 2 aromatic carbocycles. The molecule has 21 heavy (non-hydrogen) atoms. The average molecular weight is 284 g/mol. The molecule has 1 unspecified atom stereocenters. The van der Waals surface area contributed by atoms with Gasteiger partial charge in [-0.25, -0.2) is 4.39 Å². The molecule has 108 valence electrons. The summed E-state index contributed by atoms with van der Waals surface area (Å²) in [5.41, 5.74) is 1.98. The first-order chi connectivity index (χ1) is 10.2. The molecule has 1 aliphatic rings. The first-order valence-corrected chi connectivity index (χ1v) is 7.04. The summed E-state index contributed by atoms with van der Waals surface area (Å²) < 4.78 is 12.9. The molecule has 0 bridgehead atoms. The molecule has 3 rings (SSSR count). The number of carbonyl (C=O) groups is 1. The van der Waals surface area contributed by atoms with Crippen LogP contribution in [0.15, 0.2) is 54.6 Å². The summed E-state index contributed by atoms with van der Waals surface area (Å²) in [4.78, 5) is 13.9. The number of hydrogen-bond donors (Lipinski definition) is 1. The van der Waals surface area contributed by atoms with Gasteiger partial charge in [-0.15, -0.1) is 0 Å². The predicted molar refractivity (Wildman–Crippen MR) is 80.3 cm³/mol. The number of carbonyl (C=O) groups excluding carboxylic acids is 1. The highest BCUT2D eigenvalue weighted by molar-refractivity contribution is 5.80. The Labute approximate surface area is 123 Å². The minimum atomic E-state index is -0.256. The van der Waals surface area contributed by atoms with Gasteiger partial charge in [0, 0.05) is 25.2 Å². The van der Waals surface area contributed by atoms with Crippen LogP contribution in [0.3, 0.4) is 0 Å². The van der Waals surface area contributed by atoms with E-state index < -0.39 is 0 Å². The van der Waals surface area contributed by atoms with Crippen molar-refractivity contribution in [3.63, 3.8) is 0 Å². The highest BCUT2D eigenvalue weighted by Gasteiger charge is 2.29. The normalized spacial score (nSPS) is 18.0. The van der Waals surface area contributed by atoms with Gasteiger partial charge in [0.05, 0.1) is 6.04 Å². The Morgan fingerprint density at radius 3 is 2.52 bits per heavy atom. The fourth-order valence-electron chi connectivity index (χ4n) is 2.61. The van der Waals surface area contributed by atoms with Gasteiger partial charge in [-0.2, -0.15) is 0 Å². The van der Waals surface area contributed by atoms with Gasteiger partial charge in [-0.1, -0.05) is 30.3 Å². The molecule has 1 amide bonds. The Kier molecular flexibility index (Phi) is 3.86. The Morgan fingerprint density at radius 1 is 1.10 bits per heavy atom. The highest BCUT2D eigenvalue weighted by Crippen LogP contribution is 2.19. The van der Waals surface area contributed by atoms with E-state index in [2.05, 4.69) is 5.32 Å². The standard InChI is InChI=1S/C17H17FN2O/c18-14-6-8-15(9-7-14)19-16-10-17(21)20(12-16)11-13-4-2-1-3-5-13/h1-9,16,19H,10-12H2. The van der Waals surface area contributed by atoms with Crippen molar-refractivity contribution >= 4 is 11.6 Å². The Bertz CT molecular complexity index is 612. The van der Waals surface area contributed by atoms with Crippen LogP contribution in [0.25, 0.3) is 0 Å². The molecule has 0 aromatic heterocycles. The van der Waals surface area contributed by atoms with E-state index in [0.717, 1.165) is 11.3 Å². The molecule has 0 radical (unpaired) electrons. The van der Waals surface area contributed by atoms with Crippen LogP contribution in [-0.4, -0.2) is 23.4 Å². The van der Waals surface area contributed by atoms with E-state index in [1.807, 2.05) is 35.2 Å². The molecule has 4 heteroatoms. The van der Waals surface area contributed by atoms with Gasteiger partial charge in [0.15, 0.2) is 0 Å². The number of halogens is 1. The number of nitrogens with one attached hydrogen (secondary N) is 1. The molecule has 3 nitrogen and oxygen atoms in total. The van der Waals surface area contributed by atoms with Crippen LogP contribution in [0.5, 0.6) is 0 Å². The fraction of sp³-hybridized carbons (Fsp3) is 0.235. The van der Waals surface area contributed by atoms with Crippen molar-refractivity contribution in [3.05, 3.63) is 66.0 Å². The van der Waals surface area contributed by atoms with E-state index in [0.29, 0.717) is 19.5 Å². The van der Waals surface area contributed by atoms with E-state index in [4.69, 9.17) is 0 Å². The first kappa shape index (κ1) is 13.6. The molecule has 0 aliphatic carbocycles.